The van der Waals surface area contributed by atoms with Gasteiger partial charge in [-0.3, -0.25) is 14.4 Å². The molecule has 0 aliphatic rings. The topological polar surface area (TPSA) is 78.5 Å². The molecule has 0 unspecified atom stereocenters. The number of benzene rings is 2. The van der Waals surface area contributed by atoms with Crippen molar-refractivity contribution in [2.24, 2.45) is 0 Å². The van der Waals surface area contributed by atoms with Crippen LogP contribution in [0.15, 0.2) is 42.5 Å². The first-order chi connectivity index (χ1) is 13.7. The lowest BCUT2D eigenvalue weighted by atomic mass is 10.1. The molecule has 0 heterocycles. The summed E-state index contributed by atoms with van der Waals surface area (Å²) in [5.41, 5.74) is 1.49. The minimum absolute atomic E-state index is 0.111. The predicted molar refractivity (Wildman–Crippen MR) is 111 cm³/mol. The van der Waals surface area contributed by atoms with Crippen molar-refractivity contribution in [3.8, 4) is 0 Å². The second-order valence-corrected chi connectivity index (χ2v) is 6.94. The van der Waals surface area contributed by atoms with Gasteiger partial charge in [-0.2, -0.15) is 0 Å². The predicted octanol–water partition coefficient (Wildman–Crippen LogP) is 4.18. The number of hydrogen-bond donors (Lipinski definition) is 2. The number of anilines is 2. The number of nitrogens with one attached hydrogen (secondary N) is 2. The zero-order valence-electron chi connectivity index (χ0n) is 17.1. The molecule has 0 spiro atoms. The van der Waals surface area contributed by atoms with Gasteiger partial charge in [-0.25, -0.2) is 4.39 Å². The summed E-state index contributed by atoms with van der Waals surface area (Å²) in [6, 6.07) is 10.9. The van der Waals surface area contributed by atoms with Gasteiger partial charge in [-0.05, 0) is 37.6 Å². The lowest BCUT2D eigenvalue weighted by molar-refractivity contribution is -0.115. The molecule has 0 aliphatic carbocycles. The quantitative estimate of drug-likeness (QED) is 0.733. The summed E-state index contributed by atoms with van der Waals surface area (Å²) < 4.78 is 14.2. The van der Waals surface area contributed by atoms with Crippen LogP contribution in [-0.4, -0.2) is 28.7 Å². The Hall–Kier alpha value is -3.22. The Kier molecular flexibility index (Phi) is 7.47. The van der Waals surface area contributed by atoms with Crippen molar-refractivity contribution in [3.05, 3.63) is 59.4 Å². The third-order valence-corrected chi connectivity index (χ3v) is 4.50. The molecule has 2 N–H and O–H groups in total. The first-order valence-corrected chi connectivity index (χ1v) is 9.46. The zero-order chi connectivity index (χ0) is 21.6. The molecule has 3 amide bonds. The van der Waals surface area contributed by atoms with E-state index in [9.17, 15) is 18.8 Å². The fourth-order valence-corrected chi connectivity index (χ4v) is 2.93. The van der Waals surface area contributed by atoms with Gasteiger partial charge < -0.3 is 15.5 Å². The molecule has 0 fully saturated rings. The number of amides is 3. The van der Waals surface area contributed by atoms with E-state index >= 15 is 0 Å². The van der Waals surface area contributed by atoms with Crippen molar-refractivity contribution < 1.29 is 18.8 Å². The molecule has 2 aromatic rings. The van der Waals surface area contributed by atoms with E-state index < -0.39 is 0 Å². The standard InChI is InChI=1S/C22H26FN3O3/c1-5-14(2)26(13-17-8-6-7-9-21(17)23)22(29)18-10-19(24-15(3)27)12-20(11-18)25-16(4)28/h6-12,14H,5,13H2,1-4H3,(H,24,27)(H,25,28)/t14-/m1/s1. The molecule has 6 nitrogen and oxygen atoms in total. The summed E-state index contributed by atoms with van der Waals surface area (Å²) in [4.78, 5) is 37.8. The van der Waals surface area contributed by atoms with Crippen LogP contribution in [-0.2, 0) is 16.1 Å². The van der Waals surface area contributed by atoms with Crippen molar-refractivity contribution in [1.82, 2.24) is 4.90 Å². The molecule has 0 aromatic heterocycles. The summed E-state index contributed by atoms with van der Waals surface area (Å²) >= 11 is 0. The summed E-state index contributed by atoms with van der Waals surface area (Å²) in [5.74, 6) is -1.29. The molecule has 1 atom stereocenters. The highest BCUT2D eigenvalue weighted by Crippen LogP contribution is 2.23. The molecule has 29 heavy (non-hydrogen) atoms. The van der Waals surface area contributed by atoms with Gasteiger partial charge in [-0.1, -0.05) is 25.1 Å². The van der Waals surface area contributed by atoms with Crippen LogP contribution in [0.25, 0.3) is 0 Å². The van der Waals surface area contributed by atoms with Crippen molar-refractivity contribution >= 4 is 29.1 Å². The van der Waals surface area contributed by atoms with Gasteiger partial charge in [0.15, 0.2) is 0 Å². The fourth-order valence-electron chi connectivity index (χ4n) is 2.93. The molecule has 7 heteroatoms. The minimum Gasteiger partial charge on any atom is -0.332 e. The Morgan fingerprint density at radius 2 is 1.55 bits per heavy atom. The van der Waals surface area contributed by atoms with E-state index in [2.05, 4.69) is 10.6 Å². The molecule has 2 aromatic carbocycles. The number of rotatable bonds is 7. The van der Waals surface area contributed by atoms with Gasteiger partial charge in [0.05, 0.1) is 0 Å². The van der Waals surface area contributed by atoms with Gasteiger partial charge in [0.25, 0.3) is 5.91 Å². The summed E-state index contributed by atoms with van der Waals surface area (Å²) in [6.07, 6.45) is 0.685. The Labute approximate surface area is 170 Å². The third kappa shape index (κ3) is 6.14. The number of nitrogens with zero attached hydrogens (tertiary/aromatic N) is 1. The van der Waals surface area contributed by atoms with Crippen LogP contribution in [0.2, 0.25) is 0 Å². The third-order valence-electron chi connectivity index (χ3n) is 4.50. The lowest BCUT2D eigenvalue weighted by Crippen LogP contribution is -2.38. The maximum atomic E-state index is 14.2. The van der Waals surface area contributed by atoms with E-state index in [1.807, 2.05) is 13.8 Å². The van der Waals surface area contributed by atoms with E-state index in [-0.39, 0.29) is 41.7 Å². The first kappa shape index (κ1) is 22.1. The molecule has 0 aliphatic heterocycles. The van der Waals surface area contributed by atoms with Crippen molar-refractivity contribution in [3.63, 3.8) is 0 Å². The van der Waals surface area contributed by atoms with Crippen LogP contribution in [0.1, 0.15) is 50.0 Å². The normalized spacial score (nSPS) is 11.5. The second kappa shape index (κ2) is 9.82. The van der Waals surface area contributed by atoms with Crippen molar-refractivity contribution in [1.29, 1.82) is 0 Å². The average Bonchev–Trinajstić information content (AvgIpc) is 2.65. The van der Waals surface area contributed by atoms with E-state index in [4.69, 9.17) is 0 Å². The van der Waals surface area contributed by atoms with Crippen LogP contribution in [0.3, 0.4) is 0 Å². The molecular formula is C22H26FN3O3. The number of hydrogen-bond acceptors (Lipinski definition) is 3. The summed E-state index contributed by atoms with van der Waals surface area (Å²) in [7, 11) is 0. The minimum atomic E-state index is -0.375. The first-order valence-electron chi connectivity index (χ1n) is 9.46. The largest absolute Gasteiger partial charge is 0.332 e. The molecule has 0 saturated heterocycles. The molecular weight excluding hydrogens is 373 g/mol. The van der Waals surface area contributed by atoms with Gasteiger partial charge in [-0.15, -0.1) is 0 Å². The van der Waals surface area contributed by atoms with Crippen LogP contribution < -0.4 is 10.6 Å². The monoisotopic (exact) mass is 399 g/mol. The lowest BCUT2D eigenvalue weighted by Gasteiger charge is -2.29. The molecule has 0 bridgehead atoms. The van der Waals surface area contributed by atoms with Crippen molar-refractivity contribution in [2.45, 2.75) is 46.7 Å². The smallest absolute Gasteiger partial charge is 0.254 e. The van der Waals surface area contributed by atoms with E-state index in [1.165, 1.54) is 19.9 Å². The van der Waals surface area contributed by atoms with Crippen LogP contribution >= 0.6 is 0 Å². The number of carbonyl (C=O) groups is 3. The highest BCUT2D eigenvalue weighted by Gasteiger charge is 2.23. The SMILES string of the molecule is CC[C@@H](C)N(Cc1ccccc1F)C(=O)c1cc(NC(C)=O)cc(NC(C)=O)c1. The zero-order valence-corrected chi connectivity index (χ0v) is 17.1. The number of halogens is 1. The van der Waals surface area contributed by atoms with E-state index in [0.717, 1.165) is 0 Å². The summed E-state index contributed by atoms with van der Waals surface area (Å²) in [6.45, 7) is 6.67. The van der Waals surface area contributed by atoms with Crippen LogP contribution in [0.5, 0.6) is 0 Å². The molecule has 2 rings (SSSR count). The van der Waals surface area contributed by atoms with Crippen LogP contribution in [0.4, 0.5) is 15.8 Å². The highest BCUT2D eigenvalue weighted by molar-refractivity contribution is 6.00. The van der Waals surface area contributed by atoms with Gasteiger partial charge in [0.2, 0.25) is 11.8 Å². The Morgan fingerprint density at radius 3 is 2.03 bits per heavy atom. The fraction of sp³-hybridized carbons (Fsp3) is 0.318. The Morgan fingerprint density at radius 1 is 1.00 bits per heavy atom. The van der Waals surface area contributed by atoms with E-state index in [1.54, 1.807) is 41.3 Å². The Balaban J connectivity index is 2.44. The van der Waals surface area contributed by atoms with Gasteiger partial charge >= 0.3 is 0 Å². The van der Waals surface area contributed by atoms with Gasteiger partial charge in [0.1, 0.15) is 5.82 Å². The highest BCUT2D eigenvalue weighted by atomic mass is 19.1. The van der Waals surface area contributed by atoms with Gasteiger partial charge in [0, 0.05) is 48.9 Å². The average molecular weight is 399 g/mol. The summed E-state index contributed by atoms with van der Waals surface area (Å²) in [5, 5.41) is 5.27. The van der Waals surface area contributed by atoms with Crippen molar-refractivity contribution in [2.75, 3.05) is 10.6 Å². The van der Waals surface area contributed by atoms with Crippen LogP contribution in [0, 0.1) is 5.82 Å². The maximum absolute atomic E-state index is 14.2. The molecule has 154 valence electrons. The Bertz CT molecular complexity index is 880. The van der Waals surface area contributed by atoms with E-state index in [0.29, 0.717) is 23.4 Å². The maximum Gasteiger partial charge on any atom is 0.254 e. The second-order valence-electron chi connectivity index (χ2n) is 6.94. The number of carbonyl (C=O) groups excluding carboxylic acids is 3. The molecule has 0 saturated carbocycles. The molecule has 0 radical (unpaired) electrons.